The molecule has 0 bridgehead atoms. The Balaban J connectivity index is 1.15. The van der Waals surface area contributed by atoms with Crippen LogP contribution < -0.4 is 4.90 Å². The van der Waals surface area contributed by atoms with Crippen LogP contribution in [0, 0.1) is 0 Å². The van der Waals surface area contributed by atoms with Crippen molar-refractivity contribution in [3.63, 3.8) is 0 Å². The van der Waals surface area contributed by atoms with Gasteiger partial charge in [0.1, 0.15) is 0 Å². The Labute approximate surface area is 288 Å². The van der Waals surface area contributed by atoms with E-state index in [9.17, 15) is 0 Å². The molecule has 0 aliphatic heterocycles. The highest BCUT2D eigenvalue weighted by molar-refractivity contribution is 7.27. The van der Waals surface area contributed by atoms with Gasteiger partial charge in [-0.2, -0.15) is 0 Å². The van der Waals surface area contributed by atoms with E-state index in [1.54, 1.807) is 0 Å². The van der Waals surface area contributed by atoms with Gasteiger partial charge in [0.05, 0.1) is 21.4 Å². The van der Waals surface area contributed by atoms with Crippen LogP contribution in [0.25, 0.3) is 69.6 Å². The molecule has 2 aromatic heterocycles. The number of fused-ring (bicyclic) bond motifs is 8. The summed E-state index contributed by atoms with van der Waals surface area (Å²) in [5.74, 6) is 0. The fraction of sp³-hybridized carbons (Fsp3) is 0. The molecule has 0 unspecified atom stereocenters. The molecule has 230 valence electrons. The Bertz CT molecular complexity index is 2810. The monoisotopic (exact) mass is 642 g/mol. The average molecular weight is 643 g/mol. The quantitative estimate of drug-likeness (QED) is 0.170. The maximum atomic E-state index is 2.43. The Morgan fingerprint density at radius 1 is 0.429 bits per heavy atom. The van der Waals surface area contributed by atoms with E-state index in [0.717, 1.165) is 11.4 Å². The van der Waals surface area contributed by atoms with Gasteiger partial charge in [-0.3, -0.25) is 0 Å². The first-order valence-corrected chi connectivity index (χ1v) is 17.5. The van der Waals surface area contributed by atoms with Crippen molar-refractivity contribution in [3.8, 4) is 16.8 Å². The van der Waals surface area contributed by atoms with Gasteiger partial charge in [-0.15, -0.1) is 11.3 Å². The van der Waals surface area contributed by atoms with Crippen LogP contribution in [0.5, 0.6) is 0 Å². The highest BCUT2D eigenvalue weighted by atomic mass is 32.1. The van der Waals surface area contributed by atoms with E-state index in [0.29, 0.717) is 0 Å². The zero-order chi connectivity index (χ0) is 32.3. The normalized spacial score (nSPS) is 11.7. The van der Waals surface area contributed by atoms with Crippen molar-refractivity contribution in [2.75, 3.05) is 4.90 Å². The maximum Gasteiger partial charge on any atom is 0.0727 e. The summed E-state index contributed by atoms with van der Waals surface area (Å²) in [6.07, 6.45) is 0. The van der Waals surface area contributed by atoms with E-state index in [2.05, 4.69) is 191 Å². The summed E-state index contributed by atoms with van der Waals surface area (Å²) < 4.78 is 5.08. The molecule has 0 saturated heterocycles. The number of rotatable bonds is 5. The van der Waals surface area contributed by atoms with Crippen LogP contribution in [0.15, 0.2) is 182 Å². The van der Waals surface area contributed by atoms with E-state index in [4.69, 9.17) is 0 Å². The first-order valence-electron chi connectivity index (χ1n) is 16.7. The number of hydrogen-bond acceptors (Lipinski definition) is 2. The van der Waals surface area contributed by atoms with Crippen LogP contribution in [0.2, 0.25) is 0 Å². The van der Waals surface area contributed by atoms with Gasteiger partial charge in [-0.05, 0) is 75.8 Å². The maximum absolute atomic E-state index is 2.43. The van der Waals surface area contributed by atoms with Gasteiger partial charge in [0.2, 0.25) is 0 Å². The van der Waals surface area contributed by atoms with E-state index >= 15 is 0 Å². The van der Waals surface area contributed by atoms with Crippen LogP contribution in [-0.4, -0.2) is 4.57 Å². The molecule has 0 N–H and O–H groups in total. The minimum Gasteiger partial charge on any atom is -0.310 e. The van der Waals surface area contributed by atoms with Crippen molar-refractivity contribution >= 4 is 81.1 Å². The fourth-order valence-corrected chi connectivity index (χ4v) is 8.93. The van der Waals surface area contributed by atoms with Crippen LogP contribution in [0.3, 0.4) is 0 Å². The van der Waals surface area contributed by atoms with Crippen LogP contribution >= 0.6 is 11.3 Å². The molecule has 0 aliphatic rings. The molecule has 0 atom stereocenters. The number of anilines is 3. The second-order valence-corrected chi connectivity index (χ2v) is 13.6. The van der Waals surface area contributed by atoms with Gasteiger partial charge in [-0.1, -0.05) is 133 Å². The van der Waals surface area contributed by atoms with Crippen molar-refractivity contribution in [1.29, 1.82) is 0 Å². The smallest absolute Gasteiger partial charge is 0.0727 e. The molecule has 2 heterocycles. The second-order valence-electron chi connectivity index (χ2n) is 12.5. The lowest BCUT2D eigenvalue weighted by Crippen LogP contribution is -2.10. The van der Waals surface area contributed by atoms with Crippen molar-refractivity contribution in [3.05, 3.63) is 182 Å². The predicted octanol–water partition coefficient (Wildman–Crippen LogP) is 13.4. The first-order chi connectivity index (χ1) is 24.3. The standard InChI is InChI=1S/C46H30N2S/c1-3-15-33(16-4-1)47(43-30-32-14-7-8-19-36(32)38-20-9-10-21-39(38)43)35-28-26-31(27-29-35)37-23-13-24-41-44-46(49-45(37)41)40-22-11-12-25-42(40)48(44)34-17-5-2-6-18-34/h1-30H. The van der Waals surface area contributed by atoms with Crippen molar-refractivity contribution in [2.45, 2.75) is 0 Å². The molecule has 0 saturated carbocycles. The molecule has 0 radical (unpaired) electrons. The van der Waals surface area contributed by atoms with Gasteiger partial charge in [-0.25, -0.2) is 0 Å². The van der Waals surface area contributed by atoms with Crippen molar-refractivity contribution in [2.24, 2.45) is 0 Å². The van der Waals surface area contributed by atoms with Crippen LogP contribution in [0.4, 0.5) is 17.1 Å². The summed E-state index contributed by atoms with van der Waals surface area (Å²) in [6, 6.07) is 65.9. The highest BCUT2D eigenvalue weighted by Crippen LogP contribution is 2.46. The van der Waals surface area contributed by atoms with Gasteiger partial charge in [0.15, 0.2) is 0 Å². The molecule has 49 heavy (non-hydrogen) atoms. The summed E-state index contributed by atoms with van der Waals surface area (Å²) in [5, 5.41) is 7.58. The molecule has 2 nitrogen and oxygen atoms in total. The van der Waals surface area contributed by atoms with E-state index in [1.165, 1.54) is 75.3 Å². The second kappa shape index (κ2) is 11.2. The minimum absolute atomic E-state index is 1.13. The third kappa shape index (κ3) is 4.40. The molecule has 0 fully saturated rings. The van der Waals surface area contributed by atoms with Gasteiger partial charge in [0, 0.05) is 37.9 Å². The van der Waals surface area contributed by atoms with E-state index in [1.807, 2.05) is 11.3 Å². The molecular formula is C46H30N2S. The Morgan fingerprint density at radius 3 is 1.84 bits per heavy atom. The molecule has 0 spiro atoms. The zero-order valence-electron chi connectivity index (χ0n) is 26.6. The van der Waals surface area contributed by atoms with Crippen molar-refractivity contribution < 1.29 is 0 Å². The molecule has 0 amide bonds. The molecule has 10 rings (SSSR count). The minimum atomic E-state index is 1.13. The topological polar surface area (TPSA) is 8.17 Å². The Morgan fingerprint density at radius 2 is 1.04 bits per heavy atom. The van der Waals surface area contributed by atoms with E-state index in [-0.39, 0.29) is 0 Å². The predicted molar refractivity (Wildman–Crippen MR) is 211 cm³/mol. The third-order valence-electron chi connectivity index (χ3n) is 9.75. The number of thiophene rings is 1. The first kappa shape index (κ1) is 27.9. The number of benzene rings is 8. The van der Waals surface area contributed by atoms with E-state index < -0.39 is 0 Å². The molecule has 3 heteroatoms. The zero-order valence-corrected chi connectivity index (χ0v) is 27.4. The van der Waals surface area contributed by atoms with Crippen LogP contribution in [-0.2, 0) is 0 Å². The summed E-state index contributed by atoms with van der Waals surface area (Å²) in [6.45, 7) is 0. The Hall–Kier alpha value is -6.16. The average Bonchev–Trinajstić information content (AvgIpc) is 3.71. The lowest BCUT2D eigenvalue weighted by molar-refractivity contribution is 1.19. The number of aromatic nitrogens is 1. The molecule has 8 aromatic carbocycles. The molecule has 10 aromatic rings. The van der Waals surface area contributed by atoms with Gasteiger partial charge in [0.25, 0.3) is 0 Å². The molecule has 0 aliphatic carbocycles. The summed E-state index contributed by atoms with van der Waals surface area (Å²) >= 11 is 1.90. The third-order valence-corrected chi connectivity index (χ3v) is 11.0. The SMILES string of the molecule is c1ccc(N(c2ccc(-c3cccc4c3sc3c5ccccc5n(-c5ccccc5)c43)cc2)c2cc3ccccc3c3ccccc23)cc1. The fourth-order valence-electron chi connectivity index (χ4n) is 7.58. The summed E-state index contributed by atoms with van der Waals surface area (Å²) in [5.41, 5.74) is 9.61. The Kier molecular flexibility index (Phi) is 6.39. The number of para-hydroxylation sites is 3. The molecular weight excluding hydrogens is 613 g/mol. The highest BCUT2D eigenvalue weighted by Gasteiger charge is 2.21. The van der Waals surface area contributed by atoms with Gasteiger partial charge >= 0.3 is 0 Å². The number of nitrogens with zero attached hydrogens (tertiary/aromatic N) is 2. The largest absolute Gasteiger partial charge is 0.310 e. The van der Waals surface area contributed by atoms with Crippen molar-refractivity contribution in [1.82, 2.24) is 4.57 Å². The lowest BCUT2D eigenvalue weighted by atomic mass is 9.98. The lowest BCUT2D eigenvalue weighted by Gasteiger charge is -2.27. The summed E-state index contributed by atoms with van der Waals surface area (Å²) in [4.78, 5) is 2.40. The number of hydrogen-bond donors (Lipinski definition) is 0. The summed E-state index contributed by atoms with van der Waals surface area (Å²) in [7, 11) is 0. The van der Waals surface area contributed by atoms with Gasteiger partial charge < -0.3 is 9.47 Å². The van der Waals surface area contributed by atoms with Crippen LogP contribution in [0.1, 0.15) is 0 Å².